The van der Waals surface area contributed by atoms with Crippen molar-refractivity contribution in [2.24, 2.45) is 11.8 Å². The van der Waals surface area contributed by atoms with E-state index in [0.717, 1.165) is 6.42 Å². The van der Waals surface area contributed by atoms with E-state index in [4.69, 9.17) is 0 Å². The normalized spacial score (nSPS) is 31.5. The van der Waals surface area contributed by atoms with Crippen LogP contribution in [0.4, 0.5) is 0 Å². The minimum atomic E-state index is -0.298. The third kappa shape index (κ3) is 3.45. The van der Waals surface area contributed by atoms with Crippen LogP contribution in [-0.4, -0.2) is 46.4 Å². The molecular weight excluding hydrogens is 278 g/mol. The zero-order valence-electron chi connectivity index (χ0n) is 14.9. The van der Waals surface area contributed by atoms with Gasteiger partial charge in [-0.05, 0) is 39.0 Å². The predicted molar refractivity (Wildman–Crippen MR) is 87.3 cm³/mol. The molecule has 126 valence electrons. The number of fused-ring (bicyclic) bond motifs is 1. The van der Waals surface area contributed by atoms with E-state index in [1.807, 2.05) is 39.5 Å². The molecule has 0 saturated carbocycles. The van der Waals surface area contributed by atoms with E-state index in [1.54, 1.807) is 0 Å². The Hall–Kier alpha value is -1.10. The van der Waals surface area contributed by atoms with Gasteiger partial charge >= 0.3 is 0 Å². The van der Waals surface area contributed by atoms with Crippen LogP contribution in [0.15, 0.2) is 0 Å². The molecule has 5 nitrogen and oxygen atoms in total. The number of nitrogens with one attached hydrogen (secondary N) is 2. The maximum atomic E-state index is 12.6. The molecule has 2 aliphatic heterocycles. The van der Waals surface area contributed by atoms with Crippen molar-refractivity contribution in [3.8, 4) is 0 Å². The number of rotatable bonds is 4. The largest absolute Gasteiger partial charge is 0.350 e. The minimum Gasteiger partial charge on any atom is -0.350 e. The monoisotopic (exact) mass is 309 g/mol. The van der Waals surface area contributed by atoms with Crippen molar-refractivity contribution in [2.75, 3.05) is 0 Å². The summed E-state index contributed by atoms with van der Waals surface area (Å²) in [5.41, 5.74) is -0.263. The molecule has 2 amide bonds. The molecule has 4 atom stereocenters. The van der Waals surface area contributed by atoms with Crippen LogP contribution in [0.25, 0.3) is 0 Å². The van der Waals surface area contributed by atoms with E-state index >= 15 is 0 Å². The van der Waals surface area contributed by atoms with E-state index in [2.05, 4.69) is 24.5 Å². The number of carbonyl (C=O) groups is 2. The first-order chi connectivity index (χ1) is 10.0. The number of amides is 2. The Morgan fingerprint density at radius 1 is 1.27 bits per heavy atom. The fourth-order valence-electron chi connectivity index (χ4n) is 3.41. The molecule has 0 radical (unpaired) electrons. The smallest absolute Gasteiger partial charge is 0.240 e. The SMILES string of the molecule is CC(C)C[C@@H]1[C@H]2[C@H](C(=O)NC(C)(C)C)N[C@@H](C(C)C)C(=O)N21. The molecule has 22 heavy (non-hydrogen) atoms. The number of piperazine rings is 1. The molecule has 0 aliphatic carbocycles. The Morgan fingerprint density at radius 2 is 1.86 bits per heavy atom. The predicted octanol–water partition coefficient (Wildman–Crippen LogP) is 1.52. The second-order valence-corrected chi connectivity index (χ2v) is 8.54. The molecule has 0 spiro atoms. The van der Waals surface area contributed by atoms with Crippen molar-refractivity contribution in [1.29, 1.82) is 0 Å². The summed E-state index contributed by atoms with van der Waals surface area (Å²) in [6, 6.07) is -0.330. The van der Waals surface area contributed by atoms with Gasteiger partial charge < -0.3 is 10.2 Å². The Labute approximate surface area is 134 Å². The highest BCUT2D eigenvalue weighted by molar-refractivity contribution is 5.93. The van der Waals surface area contributed by atoms with Crippen molar-refractivity contribution in [2.45, 2.75) is 84.6 Å². The third-order valence-electron chi connectivity index (χ3n) is 4.36. The van der Waals surface area contributed by atoms with Gasteiger partial charge in [-0.25, -0.2) is 0 Å². The van der Waals surface area contributed by atoms with Gasteiger partial charge in [-0.2, -0.15) is 0 Å². The summed E-state index contributed by atoms with van der Waals surface area (Å²) in [6.07, 6.45) is 0.961. The van der Waals surface area contributed by atoms with Crippen molar-refractivity contribution < 1.29 is 9.59 Å². The van der Waals surface area contributed by atoms with Gasteiger partial charge in [0.05, 0.1) is 18.1 Å². The van der Waals surface area contributed by atoms with E-state index in [-0.39, 0.29) is 47.4 Å². The molecule has 2 saturated heterocycles. The molecule has 0 aromatic carbocycles. The maximum Gasteiger partial charge on any atom is 0.240 e. The van der Waals surface area contributed by atoms with Crippen molar-refractivity contribution >= 4 is 11.8 Å². The first-order valence-electron chi connectivity index (χ1n) is 8.43. The van der Waals surface area contributed by atoms with Crippen LogP contribution >= 0.6 is 0 Å². The lowest BCUT2D eigenvalue weighted by atomic mass is 9.97. The molecule has 0 aromatic heterocycles. The van der Waals surface area contributed by atoms with Gasteiger partial charge in [0.25, 0.3) is 0 Å². The zero-order chi connectivity index (χ0) is 16.8. The first kappa shape index (κ1) is 17.3. The van der Waals surface area contributed by atoms with E-state index < -0.39 is 0 Å². The number of nitrogens with zero attached hydrogens (tertiary/aromatic N) is 1. The highest BCUT2D eigenvalue weighted by Crippen LogP contribution is 2.40. The average Bonchev–Trinajstić information content (AvgIpc) is 3.00. The van der Waals surface area contributed by atoms with Gasteiger partial charge in [-0.3, -0.25) is 14.9 Å². The number of hydrogen-bond donors (Lipinski definition) is 2. The van der Waals surface area contributed by atoms with Gasteiger partial charge in [-0.1, -0.05) is 27.7 Å². The zero-order valence-corrected chi connectivity index (χ0v) is 14.9. The summed E-state index contributed by atoms with van der Waals surface area (Å²) in [5.74, 6) is 0.864. The lowest BCUT2D eigenvalue weighted by Gasteiger charge is -2.33. The van der Waals surface area contributed by atoms with Gasteiger partial charge in [-0.15, -0.1) is 0 Å². The molecule has 0 aromatic rings. The quantitative estimate of drug-likeness (QED) is 0.774. The number of hydrogen-bond acceptors (Lipinski definition) is 3. The molecule has 2 heterocycles. The molecule has 5 heteroatoms. The highest BCUT2D eigenvalue weighted by Gasteiger charge is 2.61. The second kappa shape index (κ2) is 5.84. The Balaban J connectivity index is 2.18. The summed E-state index contributed by atoms with van der Waals surface area (Å²) in [4.78, 5) is 27.2. The summed E-state index contributed by atoms with van der Waals surface area (Å²) in [5, 5.41) is 6.37. The third-order valence-corrected chi connectivity index (χ3v) is 4.36. The van der Waals surface area contributed by atoms with Crippen LogP contribution in [0.5, 0.6) is 0 Å². The Bertz CT molecular complexity index is 453. The van der Waals surface area contributed by atoms with E-state index in [1.165, 1.54) is 0 Å². The fraction of sp³-hybridized carbons (Fsp3) is 0.882. The van der Waals surface area contributed by atoms with Crippen molar-refractivity contribution in [1.82, 2.24) is 15.5 Å². The topological polar surface area (TPSA) is 61.2 Å². The highest BCUT2D eigenvalue weighted by atomic mass is 16.2. The molecule has 2 fully saturated rings. The molecule has 2 aliphatic rings. The van der Waals surface area contributed by atoms with Crippen LogP contribution in [0.1, 0.15) is 54.9 Å². The minimum absolute atomic E-state index is 0.00639. The van der Waals surface area contributed by atoms with Crippen LogP contribution in [0.3, 0.4) is 0 Å². The molecule has 2 rings (SSSR count). The second-order valence-electron chi connectivity index (χ2n) is 8.54. The summed E-state index contributed by atoms with van der Waals surface area (Å²) in [6.45, 7) is 14.3. The molecular formula is C17H31N3O2. The number of carbonyl (C=O) groups excluding carboxylic acids is 2. The van der Waals surface area contributed by atoms with Crippen LogP contribution in [0, 0.1) is 11.8 Å². The first-order valence-corrected chi connectivity index (χ1v) is 8.43. The standard InChI is InChI=1S/C17H31N3O2/c1-9(2)8-11-14-13(15(21)19-17(5,6)7)18-12(10(3)4)16(22)20(11)14/h9-14,18H,8H2,1-7H3,(H,19,21)/t11-,12+,13-,14+,20?/m1/s1. The van der Waals surface area contributed by atoms with Crippen molar-refractivity contribution in [3.05, 3.63) is 0 Å². The van der Waals surface area contributed by atoms with E-state index in [0.29, 0.717) is 5.92 Å². The molecule has 0 bridgehead atoms. The van der Waals surface area contributed by atoms with Crippen LogP contribution in [-0.2, 0) is 9.59 Å². The summed E-state index contributed by atoms with van der Waals surface area (Å²) < 4.78 is 0. The summed E-state index contributed by atoms with van der Waals surface area (Å²) in [7, 11) is 0. The van der Waals surface area contributed by atoms with E-state index in [9.17, 15) is 9.59 Å². The van der Waals surface area contributed by atoms with Gasteiger partial charge in [0.2, 0.25) is 11.8 Å². The molecule has 0 unspecified atom stereocenters. The van der Waals surface area contributed by atoms with Crippen LogP contribution < -0.4 is 10.6 Å². The maximum absolute atomic E-state index is 12.6. The van der Waals surface area contributed by atoms with Gasteiger partial charge in [0.15, 0.2) is 0 Å². The van der Waals surface area contributed by atoms with Gasteiger partial charge in [0.1, 0.15) is 6.04 Å². The summed E-state index contributed by atoms with van der Waals surface area (Å²) >= 11 is 0. The lowest BCUT2D eigenvalue weighted by Crippen LogP contribution is -2.62. The van der Waals surface area contributed by atoms with Crippen LogP contribution in [0.2, 0.25) is 0 Å². The fourth-order valence-corrected chi connectivity index (χ4v) is 3.41. The molecule has 2 N–H and O–H groups in total. The Morgan fingerprint density at radius 3 is 2.32 bits per heavy atom. The Kier molecular flexibility index (Phi) is 4.58. The average molecular weight is 309 g/mol. The lowest BCUT2D eigenvalue weighted by molar-refractivity contribution is -0.134. The van der Waals surface area contributed by atoms with Gasteiger partial charge in [0, 0.05) is 5.54 Å². The van der Waals surface area contributed by atoms with Crippen molar-refractivity contribution in [3.63, 3.8) is 0 Å².